The van der Waals surface area contributed by atoms with E-state index in [2.05, 4.69) is 15.3 Å². The van der Waals surface area contributed by atoms with Crippen molar-refractivity contribution in [1.82, 2.24) is 20.2 Å². The first-order chi connectivity index (χ1) is 11.6. The average molecular weight is 324 g/mol. The highest BCUT2D eigenvalue weighted by atomic mass is 16.6. The summed E-state index contributed by atoms with van der Waals surface area (Å²) < 4.78 is 4.79. The fraction of sp³-hybridized carbons (Fsp3) is 0.294. The lowest BCUT2D eigenvalue weighted by Crippen LogP contribution is -2.32. The number of rotatable bonds is 2. The number of H-pyrrole nitrogens is 1. The molecule has 1 aromatic carbocycles. The van der Waals surface area contributed by atoms with Gasteiger partial charge in [0.2, 0.25) is 5.56 Å². The first-order valence-corrected chi connectivity index (χ1v) is 7.87. The molecular weight excluding hydrogens is 308 g/mol. The molecule has 0 spiro atoms. The molecule has 1 aliphatic rings. The molecule has 122 valence electrons. The number of carbonyl (C=O) groups is 1. The highest BCUT2D eigenvalue weighted by Gasteiger charge is 2.34. The topological polar surface area (TPSA) is 92.1 Å². The number of nitrogens with zero attached hydrogens (tertiary/aromatic N) is 3. The monoisotopic (exact) mass is 324 g/mol. The number of carbonyl (C=O) groups excluding carboxylic acids is 1. The normalized spacial score (nSPS) is 17.5. The molecule has 4 rings (SSSR count). The second kappa shape index (κ2) is 5.59. The van der Waals surface area contributed by atoms with Crippen LogP contribution in [0.2, 0.25) is 0 Å². The molecule has 0 aliphatic carbocycles. The largest absolute Gasteiger partial charge is 0.330 e. The maximum atomic E-state index is 13.1. The van der Waals surface area contributed by atoms with Crippen molar-refractivity contribution in [1.29, 1.82) is 0 Å². The molecule has 0 saturated carbocycles. The zero-order chi connectivity index (χ0) is 16.7. The molecule has 0 bridgehead atoms. The summed E-state index contributed by atoms with van der Waals surface area (Å²) in [5.41, 5.74) is 2.16. The van der Waals surface area contributed by atoms with Crippen LogP contribution in [-0.2, 0) is 0 Å². The molecule has 0 radical (unpaired) electrons. The molecule has 1 N–H and O–H groups in total. The Kier molecular flexibility index (Phi) is 3.41. The Bertz CT molecular complexity index is 975. The van der Waals surface area contributed by atoms with Crippen molar-refractivity contribution in [2.75, 3.05) is 6.54 Å². The molecule has 0 unspecified atom stereocenters. The number of para-hydroxylation sites is 1. The summed E-state index contributed by atoms with van der Waals surface area (Å²) in [4.78, 5) is 29.6. The molecule has 1 fully saturated rings. The Morgan fingerprint density at radius 2 is 2.17 bits per heavy atom. The van der Waals surface area contributed by atoms with Crippen LogP contribution in [0.15, 0.2) is 39.8 Å². The standard InChI is InChI=1S/C17H16N4O3/c1-10-16(20-24-19-10)14-7-4-8-21(14)17(23)12-9-15(22)18-13-6-3-2-5-11(12)13/h2-3,5-6,9,14H,4,7-8H2,1H3,(H,18,22)/t14-/m1/s1. The van der Waals surface area contributed by atoms with Crippen LogP contribution in [0.5, 0.6) is 0 Å². The van der Waals surface area contributed by atoms with Gasteiger partial charge in [0.1, 0.15) is 11.4 Å². The lowest BCUT2D eigenvalue weighted by atomic mass is 10.1. The van der Waals surface area contributed by atoms with Gasteiger partial charge in [0, 0.05) is 23.5 Å². The van der Waals surface area contributed by atoms with Crippen molar-refractivity contribution in [2.24, 2.45) is 0 Å². The van der Waals surface area contributed by atoms with Crippen molar-refractivity contribution in [3.63, 3.8) is 0 Å². The molecule has 3 heterocycles. The predicted molar refractivity (Wildman–Crippen MR) is 86.6 cm³/mol. The van der Waals surface area contributed by atoms with Gasteiger partial charge in [0.25, 0.3) is 5.91 Å². The van der Waals surface area contributed by atoms with Crippen LogP contribution in [0, 0.1) is 6.92 Å². The minimum Gasteiger partial charge on any atom is -0.330 e. The van der Waals surface area contributed by atoms with Gasteiger partial charge in [-0.25, -0.2) is 4.63 Å². The number of nitrogens with one attached hydrogen (secondary N) is 1. The molecule has 1 aliphatic heterocycles. The van der Waals surface area contributed by atoms with Gasteiger partial charge >= 0.3 is 0 Å². The van der Waals surface area contributed by atoms with Crippen molar-refractivity contribution in [3.8, 4) is 0 Å². The van der Waals surface area contributed by atoms with Crippen LogP contribution < -0.4 is 5.56 Å². The highest BCUT2D eigenvalue weighted by Crippen LogP contribution is 2.33. The molecule has 7 nitrogen and oxygen atoms in total. The van der Waals surface area contributed by atoms with Crippen LogP contribution in [0.25, 0.3) is 10.9 Å². The minimum atomic E-state index is -0.285. The van der Waals surface area contributed by atoms with Crippen LogP contribution in [0.3, 0.4) is 0 Å². The van der Waals surface area contributed by atoms with Gasteiger partial charge in [-0.05, 0) is 25.8 Å². The predicted octanol–water partition coefficient (Wildman–Crippen LogP) is 2.20. The molecular formula is C17H16N4O3. The van der Waals surface area contributed by atoms with Crippen LogP contribution in [0.1, 0.15) is 40.6 Å². The van der Waals surface area contributed by atoms with E-state index in [1.54, 1.807) is 11.0 Å². The second-order valence-corrected chi connectivity index (χ2v) is 5.98. The zero-order valence-corrected chi connectivity index (χ0v) is 13.2. The molecule has 1 atom stereocenters. The average Bonchev–Trinajstić information content (AvgIpc) is 3.21. The Morgan fingerprint density at radius 3 is 2.96 bits per heavy atom. The van der Waals surface area contributed by atoms with Gasteiger partial charge in [-0.3, -0.25) is 9.59 Å². The van der Waals surface area contributed by atoms with E-state index in [-0.39, 0.29) is 17.5 Å². The van der Waals surface area contributed by atoms with E-state index in [4.69, 9.17) is 4.63 Å². The summed E-state index contributed by atoms with van der Waals surface area (Å²) in [5, 5.41) is 8.51. The van der Waals surface area contributed by atoms with Gasteiger partial charge < -0.3 is 9.88 Å². The van der Waals surface area contributed by atoms with Crippen molar-refractivity contribution in [2.45, 2.75) is 25.8 Å². The van der Waals surface area contributed by atoms with Gasteiger partial charge in [-0.15, -0.1) is 0 Å². The first kappa shape index (κ1) is 14.6. The number of aromatic amines is 1. The van der Waals surface area contributed by atoms with E-state index in [1.807, 2.05) is 25.1 Å². The van der Waals surface area contributed by atoms with Crippen LogP contribution in [0.4, 0.5) is 0 Å². The molecule has 3 aromatic rings. The maximum Gasteiger partial charge on any atom is 0.255 e. The number of fused-ring (bicyclic) bond motifs is 1. The minimum absolute atomic E-state index is 0.165. The van der Waals surface area contributed by atoms with Crippen molar-refractivity contribution in [3.05, 3.63) is 57.6 Å². The van der Waals surface area contributed by atoms with Crippen molar-refractivity contribution < 1.29 is 9.42 Å². The van der Waals surface area contributed by atoms with Crippen molar-refractivity contribution >= 4 is 16.8 Å². The lowest BCUT2D eigenvalue weighted by Gasteiger charge is -2.23. The quantitative estimate of drug-likeness (QED) is 0.780. The number of aromatic nitrogens is 3. The third-order valence-electron chi connectivity index (χ3n) is 4.50. The smallest absolute Gasteiger partial charge is 0.255 e. The summed E-state index contributed by atoms with van der Waals surface area (Å²) in [7, 11) is 0. The fourth-order valence-electron chi connectivity index (χ4n) is 3.37. The maximum absolute atomic E-state index is 13.1. The van der Waals surface area contributed by atoms with E-state index >= 15 is 0 Å². The van der Waals surface area contributed by atoms with Gasteiger partial charge in [-0.1, -0.05) is 28.5 Å². The molecule has 1 amide bonds. The van der Waals surface area contributed by atoms with Gasteiger partial charge in [-0.2, -0.15) is 0 Å². The van der Waals surface area contributed by atoms with Gasteiger partial charge in [0.05, 0.1) is 11.6 Å². The zero-order valence-electron chi connectivity index (χ0n) is 13.2. The van der Waals surface area contributed by atoms with E-state index in [9.17, 15) is 9.59 Å². The fourth-order valence-corrected chi connectivity index (χ4v) is 3.37. The Morgan fingerprint density at radius 1 is 1.33 bits per heavy atom. The number of hydrogen-bond acceptors (Lipinski definition) is 5. The first-order valence-electron chi connectivity index (χ1n) is 7.87. The molecule has 24 heavy (non-hydrogen) atoms. The third-order valence-corrected chi connectivity index (χ3v) is 4.50. The summed E-state index contributed by atoms with van der Waals surface area (Å²) >= 11 is 0. The highest BCUT2D eigenvalue weighted by molar-refractivity contribution is 6.06. The number of hydrogen-bond donors (Lipinski definition) is 1. The summed E-state index contributed by atoms with van der Waals surface area (Å²) in [6.45, 7) is 2.44. The van der Waals surface area contributed by atoms with Crippen LogP contribution >= 0.6 is 0 Å². The summed E-state index contributed by atoms with van der Waals surface area (Å²) in [6.07, 6.45) is 1.69. The Balaban J connectivity index is 1.79. The number of pyridine rings is 1. The van der Waals surface area contributed by atoms with E-state index in [0.29, 0.717) is 29.0 Å². The number of likely N-dealkylation sites (tertiary alicyclic amines) is 1. The van der Waals surface area contributed by atoms with Gasteiger partial charge in [0.15, 0.2) is 0 Å². The molecule has 2 aromatic heterocycles. The Labute approximate surface area is 137 Å². The second-order valence-electron chi connectivity index (χ2n) is 5.98. The molecule has 1 saturated heterocycles. The Hall–Kier alpha value is -2.96. The SMILES string of the molecule is Cc1nonc1[C@H]1CCCN1C(=O)c1cc(=O)[nH]c2ccccc12. The molecule has 7 heteroatoms. The van der Waals surface area contributed by atoms with E-state index in [0.717, 1.165) is 18.2 Å². The summed E-state index contributed by atoms with van der Waals surface area (Å²) in [5.74, 6) is -0.165. The third kappa shape index (κ3) is 2.29. The lowest BCUT2D eigenvalue weighted by molar-refractivity contribution is 0.0732. The van der Waals surface area contributed by atoms with E-state index < -0.39 is 0 Å². The van der Waals surface area contributed by atoms with E-state index in [1.165, 1.54) is 6.07 Å². The summed E-state index contributed by atoms with van der Waals surface area (Å²) in [6, 6.07) is 8.52. The number of amides is 1. The van der Waals surface area contributed by atoms with Crippen LogP contribution in [-0.4, -0.2) is 32.6 Å². The number of aryl methyl sites for hydroxylation is 1. The number of benzene rings is 1.